The Kier molecular flexibility index (Phi) is 1.62. The van der Waals surface area contributed by atoms with Crippen molar-refractivity contribution >= 4 is 5.97 Å². The van der Waals surface area contributed by atoms with Gasteiger partial charge in [-0.2, -0.15) is 0 Å². The molecule has 0 aliphatic carbocycles. The highest BCUT2D eigenvalue weighted by atomic mass is 16.5. The predicted octanol–water partition coefficient (Wildman–Crippen LogP) is 0.425. The van der Waals surface area contributed by atoms with Gasteiger partial charge in [-0.3, -0.25) is 0 Å². The fraction of sp³-hybridized carbons (Fsp3) is 0.167. The molecule has 0 saturated carbocycles. The van der Waals surface area contributed by atoms with Gasteiger partial charge in [0.1, 0.15) is 5.76 Å². The van der Waals surface area contributed by atoms with E-state index in [9.17, 15) is 4.79 Å². The van der Waals surface area contributed by atoms with Gasteiger partial charge in [-0.1, -0.05) is 0 Å². The van der Waals surface area contributed by atoms with Gasteiger partial charge in [0.2, 0.25) is 6.10 Å². The molecule has 4 heteroatoms. The maximum absolute atomic E-state index is 10.2. The molecule has 1 unspecified atom stereocenters. The summed E-state index contributed by atoms with van der Waals surface area (Å²) in [6.45, 7) is 0. The number of aliphatic hydroxyl groups excluding tert-OH is 1. The van der Waals surface area contributed by atoms with Gasteiger partial charge in [0.25, 0.3) is 0 Å². The molecule has 1 heterocycles. The quantitative estimate of drug-likeness (QED) is 0.557. The standard InChI is InChI=1S/C6H6O4/c7-4-1-2-10-5(3-4)6(8)9/h1-3,5,7H,(H,8,9). The van der Waals surface area contributed by atoms with Crippen LogP contribution >= 0.6 is 0 Å². The molecule has 0 amide bonds. The van der Waals surface area contributed by atoms with Crippen LogP contribution in [0.5, 0.6) is 0 Å². The van der Waals surface area contributed by atoms with Crippen molar-refractivity contribution in [1.82, 2.24) is 0 Å². The molecule has 4 nitrogen and oxygen atoms in total. The van der Waals surface area contributed by atoms with Crippen LogP contribution in [-0.4, -0.2) is 22.3 Å². The molecule has 0 bridgehead atoms. The molecule has 1 aliphatic rings. The van der Waals surface area contributed by atoms with Crippen molar-refractivity contribution < 1.29 is 19.7 Å². The smallest absolute Gasteiger partial charge is 0.349 e. The SMILES string of the molecule is O=C(O)C1C=C(O)C=CO1. The molecule has 0 fully saturated rings. The van der Waals surface area contributed by atoms with Crippen LogP contribution in [0.25, 0.3) is 0 Å². The summed E-state index contributed by atoms with van der Waals surface area (Å²) in [5, 5.41) is 17.1. The van der Waals surface area contributed by atoms with Gasteiger partial charge in [0.05, 0.1) is 6.26 Å². The van der Waals surface area contributed by atoms with E-state index < -0.39 is 12.1 Å². The van der Waals surface area contributed by atoms with Crippen molar-refractivity contribution in [2.24, 2.45) is 0 Å². The summed E-state index contributed by atoms with van der Waals surface area (Å²) in [5.41, 5.74) is 0. The Hall–Kier alpha value is -1.45. The molecule has 10 heavy (non-hydrogen) atoms. The summed E-state index contributed by atoms with van der Waals surface area (Å²) < 4.78 is 4.59. The molecule has 0 spiro atoms. The van der Waals surface area contributed by atoms with Crippen molar-refractivity contribution in [3.05, 3.63) is 24.2 Å². The average Bonchev–Trinajstić information content (AvgIpc) is 1.88. The normalized spacial score (nSPS) is 23.2. The Morgan fingerprint density at radius 2 is 2.40 bits per heavy atom. The lowest BCUT2D eigenvalue weighted by Gasteiger charge is -2.10. The number of ether oxygens (including phenoxy) is 1. The minimum absolute atomic E-state index is 0.0846. The monoisotopic (exact) mass is 142 g/mol. The highest BCUT2D eigenvalue weighted by Gasteiger charge is 2.17. The number of aliphatic hydroxyl groups is 1. The number of hydrogen-bond acceptors (Lipinski definition) is 3. The minimum Gasteiger partial charge on any atom is -0.508 e. The Bertz CT molecular complexity index is 204. The van der Waals surface area contributed by atoms with Crippen LogP contribution in [0, 0.1) is 0 Å². The zero-order valence-corrected chi connectivity index (χ0v) is 5.02. The van der Waals surface area contributed by atoms with Crippen LogP contribution in [0.2, 0.25) is 0 Å². The fourth-order valence-corrected chi connectivity index (χ4v) is 0.573. The van der Waals surface area contributed by atoms with E-state index in [0.29, 0.717) is 0 Å². The van der Waals surface area contributed by atoms with Crippen molar-refractivity contribution in [3.8, 4) is 0 Å². The topological polar surface area (TPSA) is 66.8 Å². The second-order valence-corrected chi connectivity index (χ2v) is 1.79. The average molecular weight is 142 g/mol. The molecule has 0 aromatic heterocycles. The van der Waals surface area contributed by atoms with Gasteiger partial charge in [-0.15, -0.1) is 0 Å². The summed E-state index contributed by atoms with van der Waals surface area (Å²) in [4.78, 5) is 10.2. The predicted molar refractivity (Wildman–Crippen MR) is 32.4 cm³/mol. The van der Waals surface area contributed by atoms with Gasteiger partial charge in [0, 0.05) is 12.2 Å². The third-order valence-electron chi connectivity index (χ3n) is 1.03. The minimum atomic E-state index is -1.11. The summed E-state index contributed by atoms with van der Waals surface area (Å²) in [6.07, 6.45) is 2.49. The Labute approximate surface area is 57.0 Å². The maximum atomic E-state index is 10.2. The third kappa shape index (κ3) is 1.28. The van der Waals surface area contributed by atoms with Gasteiger partial charge >= 0.3 is 5.97 Å². The van der Waals surface area contributed by atoms with Gasteiger partial charge in [-0.05, 0) is 0 Å². The molecule has 0 aromatic rings. The number of hydrogen-bond donors (Lipinski definition) is 2. The van der Waals surface area contributed by atoms with Crippen LogP contribution in [0.4, 0.5) is 0 Å². The van der Waals surface area contributed by atoms with E-state index >= 15 is 0 Å². The Morgan fingerprint density at radius 3 is 2.80 bits per heavy atom. The molecule has 0 saturated heterocycles. The zero-order chi connectivity index (χ0) is 7.56. The van der Waals surface area contributed by atoms with Crippen LogP contribution in [-0.2, 0) is 9.53 Å². The highest BCUT2D eigenvalue weighted by molar-refractivity contribution is 5.75. The van der Waals surface area contributed by atoms with E-state index in [4.69, 9.17) is 10.2 Å². The molecule has 0 aromatic carbocycles. The number of rotatable bonds is 1. The number of carboxylic acid groups (broad SMARTS) is 1. The van der Waals surface area contributed by atoms with Crippen molar-refractivity contribution in [2.75, 3.05) is 0 Å². The lowest BCUT2D eigenvalue weighted by molar-refractivity contribution is -0.144. The molecule has 2 N–H and O–H groups in total. The molecule has 0 radical (unpaired) electrons. The van der Waals surface area contributed by atoms with Crippen LogP contribution < -0.4 is 0 Å². The van der Waals surface area contributed by atoms with Gasteiger partial charge in [0.15, 0.2) is 0 Å². The lowest BCUT2D eigenvalue weighted by atomic mass is 10.2. The third-order valence-corrected chi connectivity index (χ3v) is 1.03. The molecule has 1 atom stereocenters. The number of aliphatic carboxylic acids is 1. The first-order chi connectivity index (χ1) is 4.70. The van der Waals surface area contributed by atoms with Crippen LogP contribution in [0.15, 0.2) is 24.2 Å². The van der Waals surface area contributed by atoms with Crippen molar-refractivity contribution in [3.63, 3.8) is 0 Å². The van der Waals surface area contributed by atoms with E-state index in [1.165, 1.54) is 6.08 Å². The number of allylic oxidation sites excluding steroid dienone is 1. The summed E-state index contributed by atoms with van der Waals surface area (Å²) in [6, 6.07) is 0. The first-order valence-electron chi connectivity index (χ1n) is 2.66. The molecule has 1 rings (SSSR count). The lowest BCUT2D eigenvalue weighted by Crippen LogP contribution is -2.21. The number of carbonyl (C=O) groups is 1. The summed E-state index contributed by atoms with van der Waals surface area (Å²) in [7, 11) is 0. The molecular weight excluding hydrogens is 136 g/mol. The van der Waals surface area contributed by atoms with E-state index in [1.807, 2.05) is 0 Å². The summed E-state index contributed by atoms with van der Waals surface area (Å²) >= 11 is 0. The summed E-state index contributed by atoms with van der Waals surface area (Å²) in [5.74, 6) is -1.20. The zero-order valence-electron chi connectivity index (χ0n) is 5.02. The van der Waals surface area contributed by atoms with Crippen LogP contribution in [0.1, 0.15) is 0 Å². The number of carboxylic acids is 1. The van der Waals surface area contributed by atoms with Gasteiger partial charge in [-0.25, -0.2) is 4.79 Å². The Morgan fingerprint density at radius 1 is 1.70 bits per heavy atom. The maximum Gasteiger partial charge on any atom is 0.349 e. The molecular formula is C6H6O4. The fourth-order valence-electron chi connectivity index (χ4n) is 0.573. The second kappa shape index (κ2) is 2.43. The largest absolute Gasteiger partial charge is 0.508 e. The van der Waals surface area contributed by atoms with E-state index in [1.54, 1.807) is 0 Å². The van der Waals surface area contributed by atoms with Gasteiger partial charge < -0.3 is 14.9 Å². The van der Waals surface area contributed by atoms with E-state index in [0.717, 1.165) is 12.3 Å². The van der Waals surface area contributed by atoms with Crippen molar-refractivity contribution in [2.45, 2.75) is 6.10 Å². The molecule has 1 aliphatic heterocycles. The first-order valence-corrected chi connectivity index (χ1v) is 2.66. The highest BCUT2D eigenvalue weighted by Crippen LogP contribution is 2.06. The van der Waals surface area contributed by atoms with Crippen LogP contribution in [0.3, 0.4) is 0 Å². The Balaban J connectivity index is 2.69. The molecule has 54 valence electrons. The first kappa shape index (κ1) is 6.67. The second-order valence-electron chi connectivity index (χ2n) is 1.79. The van der Waals surface area contributed by atoms with E-state index in [-0.39, 0.29) is 5.76 Å². The van der Waals surface area contributed by atoms with E-state index in [2.05, 4.69) is 4.74 Å². The van der Waals surface area contributed by atoms with Crippen molar-refractivity contribution in [1.29, 1.82) is 0 Å².